The first-order valence-electron chi connectivity index (χ1n) is 10.3. The van der Waals surface area contributed by atoms with Gasteiger partial charge in [-0.25, -0.2) is 0 Å². The van der Waals surface area contributed by atoms with Crippen molar-refractivity contribution in [3.63, 3.8) is 0 Å². The van der Waals surface area contributed by atoms with Crippen LogP contribution in [0.4, 0.5) is 17.1 Å². The van der Waals surface area contributed by atoms with Crippen LogP contribution in [0.1, 0.15) is 42.2 Å². The standard InChI is InChI=1S/C23H22Cl2N4O5/c1-11(2)8-27-19-20(22(33)21(19)32)29-16(7-17(30)31)12-3-5-13(6-4-12)28-23(34)18-14(24)9-26-10-15(18)25/h3-6,9-11,16,27,29H,7-8H2,1-2H3,(H,28,34)(H,30,31). The molecule has 0 saturated carbocycles. The zero-order valence-electron chi connectivity index (χ0n) is 18.3. The number of aliphatic carboxylic acids is 1. The molecule has 34 heavy (non-hydrogen) atoms. The number of aromatic nitrogens is 1. The van der Waals surface area contributed by atoms with E-state index in [-0.39, 0.29) is 39.3 Å². The molecule has 1 aromatic heterocycles. The molecule has 9 nitrogen and oxygen atoms in total. The molecule has 178 valence electrons. The lowest BCUT2D eigenvalue weighted by molar-refractivity contribution is -0.137. The smallest absolute Gasteiger partial charge is 0.305 e. The highest BCUT2D eigenvalue weighted by Crippen LogP contribution is 2.28. The molecule has 1 unspecified atom stereocenters. The Morgan fingerprint density at radius 3 is 2.15 bits per heavy atom. The van der Waals surface area contributed by atoms with Crippen LogP contribution in [0.5, 0.6) is 0 Å². The van der Waals surface area contributed by atoms with Crippen LogP contribution >= 0.6 is 23.2 Å². The maximum Gasteiger partial charge on any atom is 0.305 e. The molecule has 0 spiro atoms. The Bertz CT molecular complexity index is 1260. The first-order chi connectivity index (χ1) is 16.1. The summed E-state index contributed by atoms with van der Waals surface area (Å²) >= 11 is 12.0. The second-order valence-corrected chi connectivity index (χ2v) is 8.85. The molecule has 0 fully saturated rings. The maximum atomic E-state index is 12.5. The van der Waals surface area contributed by atoms with Crippen LogP contribution in [-0.4, -0.2) is 28.5 Å². The molecule has 11 heteroatoms. The summed E-state index contributed by atoms with van der Waals surface area (Å²) in [5, 5.41) is 18.0. The predicted molar refractivity (Wildman–Crippen MR) is 132 cm³/mol. The van der Waals surface area contributed by atoms with Crippen molar-refractivity contribution in [3.05, 3.63) is 78.3 Å². The number of carbonyl (C=O) groups excluding carboxylic acids is 1. The number of hydrogen-bond acceptors (Lipinski definition) is 7. The topological polar surface area (TPSA) is 137 Å². The third-order valence-corrected chi connectivity index (χ3v) is 5.52. The minimum Gasteiger partial charge on any atom is -0.481 e. The largest absolute Gasteiger partial charge is 0.481 e. The summed E-state index contributed by atoms with van der Waals surface area (Å²) in [6, 6.07) is 5.59. The fourth-order valence-corrected chi connectivity index (χ4v) is 3.76. The molecule has 0 aliphatic heterocycles. The highest BCUT2D eigenvalue weighted by Gasteiger charge is 2.25. The number of pyridine rings is 1. The predicted octanol–water partition coefficient (Wildman–Crippen LogP) is 3.93. The van der Waals surface area contributed by atoms with Crippen LogP contribution in [-0.2, 0) is 4.79 Å². The molecular formula is C23H22Cl2N4O5. The van der Waals surface area contributed by atoms with Gasteiger partial charge in [0.15, 0.2) is 0 Å². The van der Waals surface area contributed by atoms with Crippen LogP contribution in [0.15, 0.2) is 46.2 Å². The molecule has 1 heterocycles. The third kappa shape index (κ3) is 5.73. The fourth-order valence-electron chi connectivity index (χ4n) is 3.23. The lowest BCUT2D eigenvalue weighted by atomic mass is 10.0. The van der Waals surface area contributed by atoms with Crippen LogP contribution < -0.4 is 26.8 Å². The number of nitrogens with zero attached hydrogens (tertiary/aromatic N) is 1. The van der Waals surface area contributed by atoms with Gasteiger partial charge >= 0.3 is 5.97 Å². The third-order valence-electron chi connectivity index (χ3n) is 4.95. The number of carboxylic acids is 1. The van der Waals surface area contributed by atoms with Gasteiger partial charge in [-0.05, 0) is 23.6 Å². The molecular weight excluding hydrogens is 483 g/mol. The van der Waals surface area contributed by atoms with E-state index < -0.39 is 28.8 Å². The quantitative estimate of drug-likeness (QED) is 0.304. The van der Waals surface area contributed by atoms with Crippen molar-refractivity contribution >= 4 is 52.1 Å². The zero-order valence-corrected chi connectivity index (χ0v) is 19.8. The Labute approximate surface area is 204 Å². The normalized spacial score (nSPS) is 11.9. The Morgan fingerprint density at radius 1 is 1.00 bits per heavy atom. The molecule has 1 atom stereocenters. The highest BCUT2D eigenvalue weighted by atomic mass is 35.5. The summed E-state index contributed by atoms with van der Waals surface area (Å²) in [4.78, 5) is 51.8. The van der Waals surface area contributed by atoms with Crippen LogP contribution in [0.3, 0.4) is 0 Å². The lowest BCUT2D eigenvalue weighted by Crippen LogP contribution is -2.39. The summed E-state index contributed by atoms with van der Waals surface area (Å²) in [6.07, 6.45) is 2.27. The van der Waals surface area contributed by atoms with Gasteiger partial charge in [0.25, 0.3) is 16.8 Å². The van der Waals surface area contributed by atoms with Gasteiger partial charge < -0.3 is 21.1 Å². The lowest BCUT2D eigenvalue weighted by Gasteiger charge is -2.22. The van der Waals surface area contributed by atoms with Gasteiger partial charge in [0.1, 0.15) is 11.4 Å². The van der Waals surface area contributed by atoms with Gasteiger partial charge in [-0.1, -0.05) is 49.2 Å². The molecule has 2 aromatic carbocycles. The van der Waals surface area contributed by atoms with E-state index in [0.29, 0.717) is 17.8 Å². The van der Waals surface area contributed by atoms with Gasteiger partial charge in [0, 0.05) is 24.6 Å². The van der Waals surface area contributed by atoms with E-state index in [1.165, 1.54) is 12.4 Å². The highest BCUT2D eigenvalue weighted by molar-refractivity contribution is 6.40. The summed E-state index contributed by atoms with van der Waals surface area (Å²) in [5.41, 5.74) is -0.0709. The van der Waals surface area contributed by atoms with Crippen molar-refractivity contribution in [2.24, 2.45) is 5.92 Å². The van der Waals surface area contributed by atoms with Crippen molar-refractivity contribution in [2.75, 3.05) is 22.5 Å². The van der Waals surface area contributed by atoms with Gasteiger partial charge in [0.05, 0.1) is 28.1 Å². The first kappa shape index (κ1) is 25.2. The second kappa shape index (κ2) is 10.7. The molecule has 3 rings (SSSR count). The number of rotatable bonds is 10. The number of hydrogen-bond donors (Lipinski definition) is 4. The van der Waals surface area contributed by atoms with E-state index in [1.807, 2.05) is 13.8 Å². The number of halogens is 2. The van der Waals surface area contributed by atoms with Crippen molar-refractivity contribution in [1.29, 1.82) is 0 Å². The molecule has 0 bridgehead atoms. The monoisotopic (exact) mass is 504 g/mol. The number of carboxylic acid groups (broad SMARTS) is 1. The molecule has 3 aromatic rings. The Balaban J connectivity index is 1.79. The van der Waals surface area contributed by atoms with Gasteiger partial charge in [-0.3, -0.25) is 24.2 Å². The summed E-state index contributed by atoms with van der Waals surface area (Å²) in [6.45, 7) is 4.40. The maximum absolute atomic E-state index is 12.5. The number of benzene rings is 1. The number of nitrogens with one attached hydrogen (secondary N) is 3. The first-order valence-corrected chi connectivity index (χ1v) is 11.1. The summed E-state index contributed by atoms with van der Waals surface area (Å²) in [7, 11) is 0. The van der Waals surface area contributed by atoms with Crippen LogP contribution in [0, 0.1) is 5.92 Å². The van der Waals surface area contributed by atoms with Crippen molar-refractivity contribution in [3.8, 4) is 0 Å². The zero-order chi connectivity index (χ0) is 25.0. The van der Waals surface area contributed by atoms with Crippen molar-refractivity contribution < 1.29 is 14.7 Å². The van der Waals surface area contributed by atoms with E-state index in [2.05, 4.69) is 20.9 Å². The number of amides is 1. The molecule has 1 amide bonds. The molecule has 0 radical (unpaired) electrons. The minimum atomic E-state index is -1.09. The Hall–Kier alpha value is -3.43. The van der Waals surface area contributed by atoms with Crippen LogP contribution in [0.2, 0.25) is 10.0 Å². The molecule has 0 saturated heterocycles. The number of carbonyl (C=O) groups is 2. The molecule has 0 aliphatic rings. The average molecular weight is 505 g/mol. The van der Waals surface area contributed by atoms with Gasteiger partial charge in [0.2, 0.25) is 0 Å². The summed E-state index contributed by atoms with van der Waals surface area (Å²) in [5.74, 6) is -1.38. The Morgan fingerprint density at radius 2 is 1.59 bits per heavy atom. The molecule has 0 aliphatic carbocycles. The average Bonchev–Trinajstić information content (AvgIpc) is 2.77. The van der Waals surface area contributed by atoms with Gasteiger partial charge in [-0.15, -0.1) is 0 Å². The van der Waals surface area contributed by atoms with E-state index in [4.69, 9.17) is 23.2 Å². The summed E-state index contributed by atoms with van der Waals surface area (Å²) < 4.78 is 0. The molecule has 4 N–H and O–H groups in total. The SMILES string of the molecule is CC(C)CNc1c(NC(CC(=O)O)c2ccc(NC(=O)c3c(Cl)cncc3Cl)cc2)c(=O)c1=O. The van der Waals surface area contributed by atoms with E-state index >= 15 is 0 Å². The van der Waals surface area contributed by atoms with E-state index in [9.17, 15) is 24.3 Å². The fraction of sp³-hybridized carbons (Fsp3) is 0.261. The Kier molecular flexibility index (Phi) is 7.90. The van der Waals surface area contributed by atoms with Gasteiger partial charge in [-0.2, -0.15) is 0 Å². The second-order valence-electron chi connectivity index (χ2n) is 8.03. The van der Waals surface area contributed by atoms with E-state index in [0.717, 1.165) is 0 Å². The van der Waals surface area contributed by atoms with Crippen molar-refractivity contribution in [1.82, 2.24) is 4.98 Å². The van der Waals surface area contributed by atoms with Crippen molar-refractivity contribution in [2.45, 2.75) is 26.3 Å². The minimum absolute atomic E-state index is 0.0660. The van der Waals surface area contributed by atoms with Crippen LogP contribution in [0.25, 0.3) is 0 Å². The van der Waals surface area contributed by atoms with E-state index in [1.54, 1.807) is 24.3 Å². The number of anilines is 3.